The van der Waals surface area contributed by atoms with Gasteiger partial charge >= 0.3 is 0 Å². The van der Waals surface area contributed by atoms with E-state index in [9.17, 15) is 0 Å². The van der Waals surface area contributed by atoms with Crippen molar-refractivity contribution in [1.29, 1.82) is 10.5 Å². The Bertz CT molecular complexity index is 674. The van der Waals surface area contributed by atoms with Gasteiger partial charge in [-0.3, -0.25) is 0 Å². The molecule has 2 aromatic heterocycles. The van der Waals surface area contributed by atoms with Crippen LogP contribution in [-0.2, 0) is 0 Å². The number of aryl methyl sites for hydroxylation is 2. The van der Waals surface area contributed by atoms with Crippen molar-refractivity contribution in [2.75, 3.05) is 0 Å². The monoisotopic (exact) mass is 270 g/mol. The fraction of sp³-hybridized carbons (Fsp3) is 0.143. The Kier molecular flexibility index (Phi) is 3.62. The van der Waals surface area contributed by atoms with Gasteiger partial charge in [0.15, 0.2) is 0 Å². The maximum atomic E-state index is 8.77. The van der Waals surface area contributed by atoms with Crippen LogP contribution in [0.25, 0.3) is 15.8 Å². The minimum Gasteiger partial charge on any atom is -0.192 e. The van der Waals surface area contributed by atoms with Crippen LogP contribution < -0.4 is 0 Å². The van der Waals surface area contributed by atoms with Crippen LogP contribution in [0.1, 0.15) is 15.3 Å². The molecule has 4 heteroatoms. The van der Waals surface area contributed by atoms with Gasteiger partial charge in [-0.05, 0) is 43.7 Å². The fourth-order valence-electron chi connectivity index (χ4n) is 1.57. The molecule has 0 aliphatic rings. The summed E-state index contributed by atoms with van der Waals surface area (Å²) in [6, 6.07) is 10.0. The van der Waals surface area contributed by atoms with Crippen LogP contribution in [0.5, 0.6) is 0 Å². The molecule has 2 aromatic rings. The second-order valence-electron chi connectivity index (χ2n) is 3.81. The lowest BCUT2D eigenvalue weighted by Gasteiger charge is -1.87. The number of allylic oxidation sites excluding steroid dienone is 1. The second kappa shape index (κ2) is 5.18. The highest BCUT2D eigenvalue weighted by Gasteiger charge is 2.08. The van der Waals surface area contributed by atoms with Gasteiger partial charge in [0.1, 0.15) is 17.7 Å². The number of thiophene rings is 2. The van der Waals surface area contributed by atoms with Gasteiger partial charge < -0.3 is 0 Å². The van der Waals surface area contributed by atoms with Crippen molar-refractivity contribution in [1.82, 2.24) is 0 Å². The first-order chi connectivity index (χ1) is 8.63. The van der Waals surface area contributed by atoms with Gasteiger partial charge in [-0.15, -0.1) is 22.7 Å². The minimum absolute atomic E-state index is 0.143. The fourth-order valence-corrected chi connectivity index (χ4v) is 3.52. The molecular formula is C14H10N2S2. The van der Waals surface area contributed by atoms with Crippen molar-refractivity contribution in [3.05, 3.63) is 39.1 Å². The zero-order valence-corrected chi connectivity index (χ0v) is 11.7. The maximum Gasteiger partial charge on any atom is 0.130 e. The van der Waals surface area contributed by atoms with Crippen molar-refractivity contribution >= 4 is 28.7 Å². The van der Waals surface area contributed by atoms with E-state index in [0.29, 0.717) is 0 Å². The topological polar surface area (TPSA) is 47.6 Å². The molecule has 0 N–H and O–H groups in total. The summed E-state index contributed by atoms with van der Waals surface area (Å²) in [6.45, 7) is 4.09. The zero-order chi connectivity index (χ0) is 13.1. The van der Waals surface area contributed by atoms with Gasteiger partial charge in [-0.2, -0.15) is 10.5 Å². The first-order valence-corrected chi connectivity index (χ1v) is 6.96. The van der Waals surface area contributed by atoms with Crippen molar-refractivity contribution in [3.63, 3.8) is 0 Å². The summed E-state index contributed by atoms with van der Waals surface area (Å²) in [5, 5.41) is 17.5. The van der Waals surface area contributed by atoms with Crippen molar-refractivity contribution < 1.29 is 0 Å². The Labute approximate surface area is 114 Å². The summed E-state index contributed by atoms with van der Waals surface area (Å²) in [4.78, 5) is 4.82. The van der Waals surface area contributed by atoms with Gasteiger partial charge in [0.25, 0.3) is 0 Å². The lowest BCUT2D eigenvalue weighted by atomic mass is 10.1. The molecule has 0 saturated heterocycles. The molecule has 0 aromatic carbocycles. The third-order valence-corrected chi connectivity index (χ3v) is 4.74. The van der Waals surface area contributed by atoms with Gasteiger partial charge in [0.2, 0.25) is 0 Å². The van der Waals surface area contributed by atoms with Gasteiger partial charge in [-0.1, -0.05) is 0 Å². The summed E-state index contributed by atoms with van der Waals surface area (Å²) in [6.07, 6.45) is 1.65. The van der Waals surface area contributed by atoms with Crippen LogP contribution >= 0.6 is 22.7 Å². The predicted octanol–water partition coefficient (Wildman–Crippen LogP) is 4.52. The molecule has 0 bridgehead atoms. The summed E-state index contributed by atoms with van der Waals surface area (Å²) in [5.74, 6) is 0. The average molecular weight is 270 g/mol. The molecule has 0 saturated carbocycles. The van der Waals surface area contributed by atoms with E-state index in [-0.39, 0.29) is 5.57 Å². The van der Waals surface area contributed by atoms with E-state index in [1.807, 2.05) is 25.1 Å². The SMILES string of the molecule is Cc1ccc(-c2cc(C=C(C#N)C#N)c(C)s2)s1. The highest BCUT2D eigenvalue weighted by atomic mass is 32.1. The standard InChI is InChI=1S/C14H10N2S2/c1-9-3-4-13(17-9)14-6-12(10(2)18-14)5-11(7-15)8-16/h3-6H,1-2H3. The normalized spacial score (nSPS) is 9.56. The third-order valence-electron chi connectivity index (χ3n) is 2.48. The van der Waals surface area contributed by atoms with Crippen LogP contribution in [0.2, 0.25) is 0 Å². The van der Waals surface area contributed by atoms with Crippen molar-refractivity contribution in [3.8, 4) is 21.9 Å². The van der Waals surface area contributed by atoms with E-state index in [4.69, 9.17) is 10.5 Å². The lowest BCUT2D eigenvalue weighted by Crippen LogP contribution is -1.74. The predicted molar refractivity (Wildman–Crippen MR) is 76.3 cm³/mol. The Morgan fingerprint density at radius 1 is 1.11 bits per heavy atom. The summed E-state index contributed by atoms with van der Waals surface area (Å²) < 4.78 is 0. The molecule has 0 amide bonds. The van der Waals surface area contributed by atoms with E-state index < -0.39 is 0 Å². The molecule has 2 nitrogen and oxygen atoms in total. The van der Waals surface area contributed by atoms with Crippen molar-refractivity contribution in [2.45, 2.75) is 13.8 Å². The van der Waals surface area contributed by atoms with Crippen LogP contribution in [-0.4, -0.2) is 0 Å². The van der Waals surface area contributed by atoms with Gasteiger partial charge in [0, 0.05) is 19.5 Å². The largest absolute Gasteiger partial charge is 0.192 e. The Morgan fingerprint density at radius 2 is 1.83 bits per heavy atom. The smallest absolute Gasteiger partial charge is 0.130 e. The molecule has 0 atom stereocenters. The number of hydrogen-bond donors (Lipinski definition) is 0. The van der Waals surface area contributed by atoms with Crippen LogP contribution in [0.3, 0.4) is 0 Å². The quantitative estimate of drug-likeness (QED) is 0.753. The molecule has 0 fully saturated rings. The highest BCUT2D eigenvalue weighted by Crippen LogP contribution is 2.36. The number of hydrogen-bond acceptors (Lipinski definition) is 4. The highest BCUT2D eigenvalue weighted by molar-refractivity contribution is 7.22. The number of rotatable bonds is 2. The van der Waals surface area contributed by atoms with Crippen molar-refractivity contribution in [2.24, 2.45) is 0 Å². The van der Waals surface area contributed by atoms with Gasteiger partial charge in [0.05, 0.1) is 0 Å². The van der Waals surface area contributed by atoms with E-state index >= 15 is 0 Å². The second-order valence-corrected chi connectivity index (χ2v) is 6.36. The lowest BCUT2D eigenvalue weighted by molar-refractivity contribution is 1.47. The molecule has 2 rings (SSSR count). The Morgan fingerprint density at radius 3 is 2.39 bits per heavy atom. The number of nitriles is 2. The van der Waals surface area contributed by atoms with Crippen LogP contribution in [0, 0.1) is 36.5 Å². The van der Waals surface area contributed by atoms with E-state index in [1.54, 1.807) is 28.7 Å². The molecule has 0 unspecified atom stereocenters. The molecule has 0 radical (unpaired) electrons. The van der Waals surface area contributed by atoms with E-state index in [1.165, 1.54) is 14.6 Å². The minimum atomic E-state index is 0.143. The summed E-state index contributed by atoms with van der Waals surface area (Å²) in [7, 11) is 0. The first kappa shape index (κ1) is 12.6. The molecule has 0 spiro atoms. The molecular weight excluding hydrogens is 260 g/mol. The Hall–Kier alpha value is -1.88. The molecule has 88 valence electrons. The Balaban J connectivity index is 2.43. The molecule has 2 heterocycles. The van der Waals surface area contributed by atoms with E-state index in [0.717, 1.165) is 10.4 Å². The summed E-state index contributed by atoms with van der Waals surface area (Å²) in [5.41, 5.74) is 1.10. The molecule has 18 heavy (non-hydrogen) atoms. The van der Waals surface area contributed by atoms with Gasteiger partial charge in [-0.25, -0.2) is 0 Å². The van der Waals surface area contributed by atoms with E-state index in [2.05, 4.69) is 19.1 Å². The maximum absolute atomic E-state index is 8.77. The summed E-state index contributed by atoms with van der Waals surface area (Å²) >= 11 is 3.44. The molecule has 0 aliphatic carbocycles. The first-order valence-electron chi connectivity index (χ1n) is 5.33. The number of nitrogens with zero attached hydrogens (tertiary/aromatic N) is 2. The average Bonchev–Trinajstić information content (AvgIpc) is 2.93. The third kappa shape index (κ3) is 2.51. The van der Waals surface area contributed by atoms with Crippen LogP contribution in [0.15, 0.2) is 23.8 Å². The zero-order valence-electron chi connectivity index (χ0n) is 10.0. The van der Waals surface area contributed by atoms with Crippen LogP contribution in [0.4, 0.5) is 0 Å². The molecule has 0 aliphatic heterocycles.